The van der Waals surface area contributed by atoms with Gasteiger partial charge >= 0.3 is 12.0 Å². The Bertz CT molecular complexity index is 356. The first-order chi connectivity index (χ1) is 8.81. The molecule has 0 aliphatic heterocycles. The second kappa shape index (κ2) is 6.37. The van der Waals surface area contributed by atoms with Crippen LogP contribution < -0.4 is 14.8 Å². The van der Waals surface area contributed by atoms with Crippen LogP contribution in [-0.4, -0.2) is 35.2 Å². The van der Waals surface area contributed by atoms with E-state index in [1.807, 2.05) is 0 Å². The SMILES string of the molecule is CNc1nc(OC)nc(OC2CCCCCC2)n1. The molecule has 0 unspecified atom stereocenters. The number of ether oxygens (including phenoxy) is 2. The number of nitrogens with one attached hydrogen (secondary N) is 1. The summed E-state index contributed by atoms with van der Waals surface area (Å²) in [7, 11) is 3.29. The van der Waals surface area contributed by atoms with Crippen LogP contribution in [-0.2, 0) is 0 Å². The van der Waals surface area contributed by atoms with Gasteiger partial charge in [-0.3, -0.25) is 0 Å². The van der Waals surface area contributed by atoms with Crippen LogP contribution in [0.2, 0.25) is 0 Å². The molecule has 18 heavy (non-hydrogen) atoms. The lowest BCUT2D eigenvalue weighted by Crippen LogP contribution is -2.17. The molecule has 1 aromatic heterocycles. The number of methoxy groups -OCH3 is 1. The topological polar surface area (TPSA) is 69.2 Å². The first-order valence-electron chi connectivity index (χ1n) is 6.46. The largest absolute Gasteiger partial charge is 0.467 e. The summed E-state index contributed by atoms with van der Waals surface area (Å²) in [4.78, 5) is 12.4. The Kier molecular flexibility index (Phi) is 4.55. The van der Waals surface area contributed by atoms with Crippen molar-refractivity contribution in [2.75, 3.05) is 19.5 Å². The number of anilines is 1. The molecule has 6 heteroatoms. The lowest BCUT2D eigenvalue weighted by molar-refractivity contribution is 0.165. The Balaban J connectivity index is 2.06. The highest BCUT2D eigenvalue weighted by atomic mass is 16.5. The zero-order chi connectivity index (χ0) is 12.8. The van der Waals surface area contributed by atoms with Gasteiger partial charge in [0, 0.05) is 7.05 Å². The molecule has 0 atom stereocenters. The molecule has 1 N–H and O–H groups in total. The summed E-state index contributed by atoms with van der Waals surface area (Å²) in [5.74, 6) is 0.463. The molecule has 100 valence electrons. The molecular weight excluding hydrogens is 232 g/mol. The van der Waals surface area contributed by atoms with Crippen LogP contribution in [0.25, 0.3) is 0 Å². The normalized spacial score (nSPS) is 17.0. The van der Waals surface area contributed by atoms with Crippen molar-refractivity contribution < 1.29 is 9.47 Å². The van der Waals surface area contributed by atoms with E-state index in [9.17, 15) is 0 Å². The third kappa shape index (κ3) is 3.45. The molecule has 1 saturated carbocycles. The summed E-state index contributed by atoms with van der Waals surface area (Å²) in [5.41, 5.74) is 0. The van der Waals surface area contributed by atoms with Gasteiger partial charge in [-0.1, -0.05) is 12.8 Å². The number of hydrogen-bond acceptors (Lipinski definition) is 6. The number of nitrogens with zero attached hydrogens (tertiary/aromatic N) is 3. The Morgan fingerprint density at radius 1 is 1.00 bits per heavy atom. The molecule has 6 nitrogen and oxygen atoms in total. The summed E-state index contributed by atoms with van der Waals surface area (Å²) < 4.78 is 10.9. The molecule has 0 aromatic carbocycles. The highest BCUT2D eigenvalue weighted by Gasteiger charge is 2.16. The monoisotopic (exact) mass is 252 g/mol. The van der Waals surface area contributed by atoms with Gasteiger partial charge in [0.1, 0.15) is 6.10 Å². The Morgan fingerprint density at radius 3 is 2.28 bits per heavy atom. The maximum Gasteiger partial charge on any atom is 0.324 e. The summed E-state index contributed by atoms with van der Waals surface area (Å²) >= 11 is 0. The fourth-order valence-electron chi connectivity index (χ4n) is 2.10. The molecule has 1 aliphatic carbocycles. The van der Waals surface area contributed by atoms with Crippen molar-refractivity contribution in [1.29, 1.82) is 0 Å². The lowest BCUT2D eigenvalue weighted by Gasteiger charge is -2.15. The van der Waals surface area contributed by atoms with Crippen LogP contribution in [0.15, 0.2) is 0 Å². The van der Waals surface area contributed by atoms with Gasteiger partial charge in [0.05, 0.1) is 7.11 Å². The van der Waals surface area contributed by atoms with E-state index < -0.39 is 0 Å². The first-order valence-corrected chi connectivity index (χ1v) is 6.46. The summed E-state index contributed by atoms with van der Waals surface area (Å²) in [6.07, 6.45) is 7.37. The second-order valence-corrected chi connectivity index (χ2v) is 4.41. The van der Waals surface area contributed by atoms with Gasteiger partial charge in [0.25, 0.3) is 0 Å². The van der Waals surface area contributed by atoms with Gasteiger partial charge in [0.15, 0.2) is 0 Å². The minimum absolute atomic E-state index is 0.212. The minimum atomic E-state index is 0.212. The molecule has 0 saturated heterocycles. The van der Waals surface area contributed by atoms with Crippen LogP contribution in [0.1, 0.15) is 38.5 Å². The van der Waals surface area contributed by atoms with Crippen LogP contribution in [0.3, 0.4) is 0 Å². The molecule has 2 rings (SSSR count). The molecule has 0 amide bonds. The van der Waals surface area contributed by atoms with Gasteiger partial charge < -0.3 is 14.8 Å². The molecule has 0 radical (unpaired) electrons. The smallest absolute Gasteiger partial charge is 0.324 e. The molecule has 0 bridgehead atoms. The van der Waals surface area contributed by atoms with E-state index in [-0.39, 0.29) is 12.1 Å². The molecule has 0 spiro atoms. The van der Waals surface area contributed by atoms with E-state index in [0.29, 0.717) is 12.0 Å². The highest BCUT2D eigenvalue weighted by Crippen LogP contribution is 2.22. The molecular formula is C12H20N4O2. The van der Waals surface area contributed by atoms with Gasteiger partial charge in [-0.15, -0.1) is 4.98 Å². The molecule has 1 fully saturated rings. The fourth-order valence-corrected chi connectivity index (χ4v) is 2.10. The van der Waals surface area contributed by atoms with Crippen molar-refractivity contribution >= 4 is 5.95 Å². The number of rotatable bonds is 4. The maximum absolute atomic E-state index is 5.84. The Morgan fingerprint density at radius 2 is 1.67 bits per heavy atom. The predicted molar refractivity (Wildman–Crippen MR) is 68.0 cm³/mol. The minimum Gasteiger partial charge on any atom is -0.467 e. The van der Waals surface area contributed by atoms with Crippen LogP contribution in [0.5, 0.6) is 12.0 Å². The summed E-state index contributed by atoms with van der Waals surface area (Å²) in [5, 5.41) is 2.87. The molecule has 1 aromatic rings. The van der Waals surface area contributed by atoms with Crippen LogP contribution >= 0.6 is 0 Å². The van der Waals surface area contributed by atoms with E-state index in [2.05, 4.69) is 20.3 Å². The van der Waals surface area contributed by atoms with Crippen molar-refractivity contribution in [2.45, 2.75) is 44.6 Å². The number of hydrogen-bond donors (Lipinski definition) is 1. The molecule has 1 heterocycles. The standard InChI is InChI=1S/C12H20N4O2/c1-13-10-14-11(17-2)16-12(15-10)18-9-7-5-3-4-6-8-9/h9H,3-8H2,1-2H3,(H,13,14,15,16). The van der Waals surface area contributed by atoms with E-state index in [1.165, 1.54) is 32.8 Å². The average molecular weight is 252 g/mol. The quantitative estimate of drug-likeness (QED) is 0.827. The third-order valence-electron chi connectivity index (χ3n) is 3.07. The lowest BCUT2D eigenvalue weighted by atomic mass is 10.2. The van der Waals surface area contributed by atoms with Crippen molar-refractivity contribution in [3.8, 4) is 12.0 Å². The Labute approximate surface area is 107 Å². The van der Waals surface area contributed by atoms with Crippen molar-refractivity contribution in [3.05, 3.63) is 0 Å². The highest BCUT2D eigenvalue weighted by molar-refractivity contribution is 5.26. The van der Waals surface area contributed by atoms with E-state index in [4.69, 9.17) is 9.47 Å². The average Bonchev–Trinajstić information content (AvgIpc) is 2.67. The van der Waals surface area contributed by atoms with E-state index >= 15 is 0 Å². The number of aromatic nitrogens is 3. The Hall–Kier alpha value is -1.59. The zero-order valence-electron chi connectivity index (χ0n) is 11.0. The first kappa shape index (κ1) is 12.9. The maximum atomic E-state index is 5.84. The summed E-state index contributed by atoms with van der Waals surface area (Å²) in [6, 6.07) is 0.621. The van der Waals surface area contributed by atoms with E-state index in [0.717, 1.165) is 12.8 Å². The van der Waals surface area contributed by atoms with Gasteiger partial charge in [-0.25, -0.2) is 0 Å². The predicted octanol–water partition coefficient (Wildman–Crippen LogP) is 2.02. The van der Waals surface area contributed by atoms with Gasteiger partial charge in [-0.2, -0.15) is 9.97 Å². The van der Waals surface area contributed by atoms with Gasteiger partial charge in [-0.05, 0) is 25.7 Å². The zero-order valence-corrected chi connectivity index (χ0v) is 11.0. The fraction of sp³-hybridized carbons (Fsp3) is 0.750. The van der Waals surface area contributed by atoms with Gasteiger partial charge in [0.2, 0.25) is 5.95 Å². The summed E-state index contributed by atoms with van der Waals surface area (Å²) in [6.45, 7) is 0. The van der Waals surface area contributed by atoms with Crippen molar-refractivity contribution in [2.24, 2.45) is 0 Å². The van der Waals surface area contributed by atoms with Crippen LogP contribution in [0.4, 0.5) is 5.95 Å². The van der Waals surface area contributed by atoms with E-state index in [1.54, 1.807) is 7.05 Å². The van der Waals surface area contributed by atoms with Crippen molar-refractivity contribution in [1.82, 2.24) is 15.0 Å². The molecule has 1 aliphatic rings. The van der Waals surface area contributed by atoms with Crippen LogP contribution in [0, 0.1) is 0 Å². The second-order valence-electron chi connectivity index (χ2n) is 4.41. The third-order valence-corrected chi connectivity index (χ3v) is 3.07. The van der Waals surface area contributed by atoms with Crippen molar-refractivity contribution in [3.63, 3.8) is 0 Å².